The summed E-state index contributed by atoms with van der Waals surface area (Å²) in [6.45, 7) is 14.6. The van der Waals surface area contributed by atoms with Crippen molar-refractivity contribution in [3.63, 3.8) is 0 Å². The third-order valence-corrected chi connectivity index (χ3v) is 12.3. The topological polar surface area (TPSA) is 56.8 Å². The van der Waals surface area contributed by atoms with Gasteiger partial charge in [0.1, 0.15) is 11.5 Å². The number of carbonyl (C=O) groups is 1. The van der Waals surface area contributed by atoms with Gasteiger partial charge in [0, 0.05) is 30.2 Å². The highest BCUT2D eigenvalue weighted by atomic mass is 16.7. The number of carbonyl (C=O) groups excluding carboxylic acids is 1. The fourth-order valence-electron chi connectivity index (χ4n) is 9.88. The van der Waals surface area contributed by atoms with Crippen LogP contribution >= 0.6 is 0 Å². The van der Waals surface area contributed by atoms with Gasteiger partial charge in [-0.1, -0.05) is 32.9 Å². The van der Waals surface area contributed by atoms with Crippen LogP contribution in [0.15, 0.2) is 24.3 Å². The summed E-state index contributed by atoms with van der Waals surface area (Å²) >= 11 is 0. The van der Waals surface area contributed by atoms with Crippen LogP contribution < -0.4 is 10.1 Å². The molecule has 1 aliphatic heterocycles. The van der Waals surface area contributed by atoms with E-state index >= 15 is 0 Å². The van der Waals surface area contributed by atoms with Gasteiger partial charge in [-0.15, -0.1) is 0 Å². The quantitative estimate of drug-likeness (QED) is 0.368. The van der Waals surface area contributed by atoms with Gasteiger partial charge in [0.15, 0.2) is 5.79 Å². The predicted octanol–water partition coefficient (Wildman–Crippen LogP) is 7.27. The molecule has 5 aliphatic rings. The fourth-order valence-corrected chi connectivity index (χ4v) is 9.88. The van der Waals surface area contributed by atoms with Crippen LogP contribution in [0.5, 0.6) is 5.75 Å². The molecular weight excluding hydrogens is 498 g/mol. The molecule has 1 N–H and O–H groups in total. The SMILES string of the molecule is CC(C)CNC(C)(C)c1cccc(OCC[C@]23CCC4C(CCC5CC6(CC[C@@]54C)OCCO6)C2CCC3=O)c1. The van der Waals surface area contributed by atoms with Gasteiger partial charge in [0.2, 0.25) is 0 Å². The molecule has 1 aromatic carbocycles. The molecule has 222 valence electrons. The average Bonchev–Trinajstić information content (AvgIpc) is 3.53. The molecule has 5 fully saturated rings. The van der Waals surface area contributed by atoms with Gasteiger partial charge in [0.05, 0.1) is 19.8 Å². The first kappa shape index (κ1) is 28.7. The third-order valence-electron chi connectivity index (χ3n) is 12.3. The van der Waals surface area contributed by atoms with Crippen LogP contribution in [-0.4, -0.2) is 37.9 Å². The second-order valence-corrected chi connectivity index (χ2v) is 15.2. The maximum Gasteiger partial charge on any atom is 0.168 e. The Morgan fingerprint density at radius 1 is 1.05 bits per heavy atom. The van der Waals surface area contributed by atoms with Gasteiger partial charge in [-0.2, -0.15) is 0 Å². The molecule has 5 heteroatoms. The normalized spacial score (nSPS) is 36.9. The zero-order valence-corrected chi connectivity index (χ0v) is 25.7. The van der Waals surface area contributed by atoms with Crippen LogP contribution in [0.1, 0.15) is 104 Å². The number of Topliss-reactive ketones (excluding diaryl/α,β-unsaturated/α-hetero) is 1. The zero-order chi connectivity index (χ0) is 28.2. The molecule has 0 radical (unpaired) electrons. The molecule has 0 bridgehead atoms. The standard InChI is InChI=1S/C35H53NO4/c1-24(2)23-36-32(3,4)25-7-6-8-27(21-25)38-18-17-34-14-13-29-28(30(34)11-12-31(34)37)10-9-26-22-35(39-19-20-40-35)16-15-33(26,29)5/h6-8,21,24,26,28-30,36H,9-20,22-23H2,1-5H3/t26?,28?,29?,30?,33-,34+/m0/s1. The largest absolute Gasteiger partial charge is 0.494 e. The van der Waals surface area contributed by atoms with E-state index in [0.29, 0.717) is 41.5 Å². The van der Waals surface area contributed by atoms with Gasteiger partial charge >= 0.3 is 0 Å². The highest BCUT2D eigenvalue weighted by molar-refractivity contribution is 5.87. The van der Waals surface area contributed by atoms with E-state index in [9.17, 15) is 4.79 Å². The van der Waals surface area contributed by atoms with Gasteiger partial charge in [-0.05, 0) is 118 Å². The molecule has 1 heterocycles. The van der Waals surface area contributed by atoms with Gasteiger partial charge in [-0.3, -0.25) is 4.79 Å². The fraction of sp³-hybridized carbons (Fsp3) is 0.800. The van der Waals surface area contributed by atoms with Crippen molar-refractivity contribution >= 4 is 5.78 Å². The summed E-state index contributed by atoms with van der Waals surface area (Å²) in [6.07, 6.45) is 10.8. The Labute approximate surface area is 242 Å². The van der Waals surface area contributed by atoms with Crippen LogP contribution in [0.4, 0.5) is 0 Å². The first-order chi connectivity index (χ1) is 19.1. The minimum atomic E-state index is -0.299. The molecule has 1 saturated heterocycles. The number of hydrogen-bond donors (Lipinski definition) is 1. The van der Waals surface area contributed by atoms with Crippen molar-refractivity contribution in [3.05, 3.63) is 29.8 Å². The lowest BCUT2D eigenvalue weighted by Gasteiger charge is -2.61. The van der Waals surface area contributed by atoms with Crippen LogP contribution in [0.25, 0.3) is 0 Å². The molecule has 6 atom stereocenters. The summed E-state index contributed by atoms with van der Waals surface area (Å²) in [5.74, 6) is 4.37. The minimum absolute atomic E-state index is 0.114. The number of hydrogen-bond acceptors (Lipinski definition) is 5. The summed E-state index contributed by atoms with van der Waals surface area (Å²) < 4.78 is 18.7. The number of rotatable bonds is 8. The first-order valence-corrected chi connectivity index (χ1v) is 16.4. The third kappa shape index (κ3) is 4.96. The zero-order valence-electron chi connectivity index (χ0n) is 25.7. The lowest BCUT2D eigenvalue weighted by atomic mass is 9.44. The Hall–Kier alpha value is -1.43. The Morgan fingerprint density at radius 2 is 1.85 bits per heavy atom. The molecule has 0 amide bonds. The van der Waals surface area contributed by atoms with E-state index in [1.54, 1.807) is 0 Å². The Balaban J connectivity index is 1.12. The Kier molecular flexibility index (Phi) is 7.66. The summed E-state index contributed by atoms with van der Waals surface area (Å²) in [6, 6.07) is 8.54. The summed E-state index contributed by atoms with van der Waals surface area (Å²) in [7, 11) is 0. The van der Waals surface area contributed by atoms with E-state index < -0.39 is 0 Å². The van der Waals surface area contributed by atoms with Crippen molar-refractivity contribution in [2.24, 2.45) is 40.4 Å². The van der Waals surface area contributed by atoms with E-state index in [0.717, 1.165) is 70.0 Å². The van der Waals surface area contributed by atoms with E-state index in [2.05, 4.69) is 64.2 Å². The number of ether oxygens (including phenoxy) is 3. The lowest BCUT2D eigenvalue weighted by Crippen LogP contribution is -2.56. The molecular formula is C35H53NO4. The second kappa shape index (κ2) is 10.7. The smallest absolute Gasteiger partial charge is 0.168 e. The summed E-state index contributed by atoms with van der Waals surface area (Å²) in [5, 5.41) is 3.69. The number of fused-ring (bicyclic) bond motifs is 5. The predicted molar refractivity (Wildman–Crippen MR) is 158 cm³/mol. The van der Waals surface area contributed by atoms with Crippen LogP contribution in [0, 0.1) is 40.4 Å². The van der Waals surface area contributed by atoms with Crippen molar-refractivity contribution in [2.45, 2.75) is 110 Å². The molecule has 40 heavy (non-hydrogen) atoms. The highest BCUT2D eigenvalue weighted by Gasteiger charge is 2.63. The van der Waals surface area contributed by atoms with Crippen LogP contribution in [-0.2, 0) is 19.8 Å². The minimum Gasteiger partial charge on any atom is -0.494 e. The average molecular weight is 552 g/mol. The molecule has 4 aliphatic carbocycles. The monoisotopic (exact) mass is 551 g/mol. The van der Waals surface area contributed by atoms with Crippen molar-refractivity contribution in [1.82, 2.24) is 5.32 Å². The molecule has 0 aromatic heterocycles. The molecule has 4 unspecified atom stereocenters. The first-order valence-electron chi connectivity index (χ1n) is 16.4. The van der Waals surface area contributed by atoms with E-state index in [-0.39, 0.29) is 16.7 Å². The number of ketones is 1. The van der Waals surface area contributed by atoms with Crippen LogP contribution in [0.2, 0.25) is 0 Å². The van der Waals surface area contributed by atoms with Crippen molar-refractivity contribution in [1.29, 1.82) is 0 Å². The van der Waals surface area contributed by atoms with Crippen molar-refractivity contribution < 1.29 is 19.0 Å². The molecule has 5 nitrogen and oxygen atoms in total. The van der Waals surface area contributed by atoms with Gasteiger partial charge in [-0.25, -0.2) is 0 Å². The van der Waals surface area contributed by atoms with E-state index in [1.807, 2.05) is 0 Å². The maximum absolute atomic E-state index is 13.6. The summed E-state index contributed by atoms with van der Waals surface area (Å²) in [5.41, 5.74) is 1.31. The second-order valence-electron chi connectivity index (χ2n) is 15.2. The van der Waals surface area contributed by atoms with Gasteiger partial charge < -0.3 is 19.5 Å². The van der Waals surface area contributed by atoms with Crippen molar-refractivity contribution in [3.8, 4) is 5.75 Å². The van der Waals surface area contributed by atoms with Gasteiger partial charge in [0.25, 0.3) is 0 Å². The van der Waals surface area contributed by atoms with E-state index in [1.165, 1.54) is 31.2 Å². The molecule has 6 rings (SSSR count). The maximum atomic E-state index is 13.6. The number of nitrogens with one attached hydrogen (secondary N) is 1. The molecule has 4 saturated carbocycles. The number of benzene rings is 1. The molecule has 1 aromatic rings. The highest BCUT2D eigenvalue weighted by Crippen LogP contribution is 2.67. The van der Waals surface area contributed by atoms with Crippen LogP contribution in [0.3, 0.4) is 0 Å². The lowest BCUT2D eigenvalue weighted by molar-refractivity contribution is -0.229. The van der Waals surface area contributed by atoms with Crippen molar-refractivity contribution in [2.75, 3.05) is 26.4 Å². The Bertz CT molecular complexity index is 1080. The van der Waals surface area contributed by atoms with E-state index in [4.69, 9.17) is 14.2 Å². The summed E-state index contributed by atoms with van der Waals surface area (Å²) in [4.78, 5) is 13.6. The molecule has 1 spiro atoms. The Morgan fingerprint density at radius 3 is 2.62 bits per heavy atom.